The van der Waals surface area contributed by atoms with Gasteiger partial charge >= 0.3 is 0 Å². The van der Waals surface area contributed by atoms with Crippen LogP contribution in [0.1, 0.15) is 32.1 Å². The van der Waals surface area contributed by atoms with E-state index in [1.807, 2.05) is 0 Å². The van der Waals surface area contributed by atoms with Crippen LogP contribution in [-0.2, 0) is 14.8 Å². The minimum absolute atomic E-state index is 0.0541. The number of nitrogens with zero attached hydrogens (tertiary/aromatic N) is 1. The van der Waals surface area contributed by atoms with Gasteiger partial charge in [-0.3, -0.25) is 4.79 Å². The number of sulfonamides is 1. The molecule has 0 unspecified atom stereocenters. The third-order valence-corrected chi connectivity index (χ3v) is 5.27. The van der Waals surface area contributed by atoms with Gasteiger partial charge in [0.25, 0.3) is 0 Å². The number of piperidine rings is 1. The van der Waals surface area contributed by atoms with E-state index in [4.69, 9.17) is 0 Å². The largest absolute Gasteiger partial charge is 0.298 e. The molecule has 1 saturated carbocycles. The fraction of sp³-hybridized carbons (Fsp3) is 0.900. The Balaban J connectivity index is 1.97. The topological polar surface area (TPSA) is 54.5 Å². The molecule has 0 amide bonds. The minimum Gasteiger partial charge on any atom is -0.298 e. The number of hydrogen-bond donors (Lipinski definition) is 0. The van der Waals surface area contributed by atoms with Crippen LogP contribution < -0.4 is 0 Å². The fourth-order valence-electron chi connectivity index (χ4n) is 2.11. The molecule has 0 aromatic carbocycles. The standard InChI is InChI=1S/C10H17NO3S/c12-10-5-2-6-11(7-10)15(13,14)8-9-3-1-4-9/h9H,1-8H2. The van der Waals surface area contributed by atoms with Crippen molar-refractivity contribution >= 4 is 15.8 Å². The Kier molecular flexibility index (Phi) is 3.11. The molecule has 1 aliphatic carbocycles. The van der Waals surface area contributed by atoms with E-state index in [2.05, 4.69) is 0 Å². The summed E-state index contributed by atoms with van der Waals surface area (Å²) in [5.74, 6) is 0.644. The molecule has 5 heteroatoms. The van der Waals surface area contributed by atoms with Crippen molar-refractivity contribution in [1.29, 1.82) is 0 Å². The quantitative estimate of drug-likeness (QED) is 0.721. The van der Waals surface area contributed by atoms with E-state index in [0.29, 0.717) is 25.3 Å². The highest BCUT2D eigenvalue weighted by atomic mass is 32.2. The van der Waals surface area contributed by atoms with E-state index in [1.54, 1.807) is 0 Å². The molecule has 0 radical (unpaired) electrons. The highest BCUT2D eigenvalue weighted by Gasteiger charge is 2.31. The molecule has 0 bridgehead atoms. The molecule has 2 aliphatic rings. The summed E-state index contributed by atoms with van der Waals surface area (Å²) in [7, 11) is -3.16. The second-order valence-electron chi connectivity index (χ2n) is 4.55. The van der Waals surface area contributed by atoms with E-state index < -0.39 is 10.0 Å². The van der Waals surface area contributed by atoms with Crippen molar-refractivity contribution in [1.82, 2.24) is 4.31 Å². The van der Waals surface area contributed by atoms with Gasteiger partial charge < -0.3 is 0 Å². The summed E-state index contributed by atoms with van der Waals surface area (Å²) < 4.78 is 25.2. The van der Waals surface area contributed by atoms with Crippen molar-refractivity contribution in [3.8, 4) is 0 Å². The Morgan fingerprint density at radius 1 is 1.27 bits per heavy atom. The first-order chi connectivity index (χ1) is 7.08. The van der Waals surface area contributed by atoms with Gasteiger partial charge in [-0.1, -0.05) is 6.42 Å². The van der Waals surface area contributed by atoms with Crippen molar-refractivity contribution in [2.24, 2.45) is 5.92 Å². The Labute approximate surface area is 90.7 Å². The van der Waals surface area contributed by atoms with Crippen LogP contribution in [0.25, 0.3) is 0 Å². The normalized spacial score (nSPS) is 25.2. The number of carbonyl (C=O) groups excluding carboxylic acids is 1. The molecule has 0 spiro atoms. The molecule has 0 aromatic rings. The molecule has 1 aliphatic heterocycles. The first-order valence-electron chi connectivity index (χ1n) is 5.57. The van der Waals surface area contributed by atoms with Gasteiger partial charge in [-0.2, -0.15) is 4.31 Å². The first-order valence-corrected chi connectivity index (χ1v) is 7.18. The molecule has 1 saturated heterocycles. The van der Waals surface area contributed by atoms with Crippen molar-refractivity contribution in [3.05, 3.63) is 0 Å². The molecular weight excluding hydrogens is 214 g/mol. The molecule has 0 atom stereocenters. The predicted octanol–water partition coefficient (Wildman–Crippen LogP) is 0.781. The Morgan fingerprint density at radius 2 is 2.00 bits per heavy atom. The summed E-state index contributed by atoms with van der Waals surface area (Å²) in [5.41, 5.74) is 0. The van der Waals surface area contributed by atoms with Gasteiger partial charge in [0.2, 0.25) is 10.0 Å². The van der Waals surface area contributed by atoms with Crippen LogP contribution in [0.2, 0.25) is 0 Å². The van der Waals surface area contributed by atoms with E-state index in [0.717, 1.165) is 19.3 Å². The van der Waals surface area contributed by atoms with Crippen molar-refractivity contribution in [2.45, 2.75) is 32.1 Å². The zero-order chi connectivity index (χ0) is 10.9. The summed E-state index contributed by atoms with van der Waals surface area (Å²) in [4.78, 5) is 11.2. The lowest BCUT2D eigenvalue weighted by molar-refractivity contribution is -0.120. The summed E-state index contributed by atoms with van der Waals surface area (Å²) >= 11 is 0. The van der Waals surface area contributed by atoms with Crippen LogP contribution in [0.4, 0.5) is 0 Å². The smallest absolute Gasteiger partial charge is 0.214 e. The lowest BCUT2D eigenvalue weighted by Crippen LogP contribution is -2.43. The van der Waals surface area contributed by atoms with E-state index in [9.17, 15) is 13.2 Å². The summed E-state index contributed by atoms with van der Waals surface area (Å²) in [6.07, 6.45) is 4.43. The van der Waals surface area contributed by atoms with Crippen LogP contribution in [0, 0.1) is 5.92 Å². The number of ketones is 1. The van der Waals surface area contributed by atoms with Gasteiger partial charge in [0.1, 0.15) is 5.78 Å². The number of hydrogen-bond acceptors (Lipinski definition) is 3. The molecule has 2 rings (SSSR count). The maximum absolute atomic E-state index is 11.9. The number of rotatable bonds is 3. The first kappa shape index (κ1) is 11.1. The van der Waals surface area contributed by atoms with Gasteiger partial charge in [-0.05, 0) is 25.2 Å². The lowest BCUT2D eigenvalue weighted by atomic mass is 9.87. The van der Waals surface area contributed by atoms with Gasteiger partial charge in [0.15, 0.2) is 0 Å². The van der Waals surface area contributed by atoms with Gasteiger partial charge in [-0.15, -0.1) is 0 Å². The Hall–Kier alpha value is -0.420. The summed E-state index contributed by atoms with van der Waals surface area (Å²) in [6, 6.07) is 0. The van der Waals surface area contributed by atoms with Crippen LogP contribution in [0.15, 0.2) is 0 Å². The summed E-state index contributed by atoms with van der Waals surface area (Å²) in [6.45, 7) is 0.635. The lowest BCUT2D eigenvalue weighted by Gasteiger charge is -2.30. The molecule has 86 valence electrons. The SMILES string of the molecule is O=C1CCCN(S(=O)(=O)CC2CCC2)C1. The monoisotopic (exact) mass is 231 g/mol. The van der Waals surface area contributed by atoms with Crippen molar-refractivity contribution in [2.75, 3.05) is 18.8 Å². The van der Waals surface area contributed by atoms with Crippen LogP contribution >= 0.6 is 0 Å². The Bertz CT molecular complexity index is 346. The maximum Gasteiger partial charge on any atom is 0.214 e. The van der Waals surface area contributed by atoms with E-state index in [-0.39, 0.29) is 18.1 Å². The molecule has 4 nitrogen and oxygen atoms in total. The zero-order valence-electron chi connectivity index (χ0n) is 8.81. The van der Waals surface area contributed by atoms with Crippen LogP contribution in [-0.4, -0.2) is 37.3 Å². The minimum atomic E-state index is -3.16. The highest BCUT2D eigenvalue weighted by molar-refractivity contribution is 7.89. The predicted molar refractivity (Wildman–Crippen MR) is 56.9 cm³/mol. The molecule has 15 heavy (non-hydrogen) atoms. The zero-order valence-corrected chi connectivity index (χ0v) is 9.63. The van der Waals surface area contributed by atoms with E-state index in [1.165, 1.54) is 4.31 Å². The molecule has 0 N–H and O–H groups in total. The van der Waals surface area contributed by atoms with Crippen LogP contribution in [0.3, 0.4) is 0 Å². The van der Waals surface area contributed by atoms with Crippen molar-refractivity contribution < 1.29 is 13.2 Å². The highest BCUT2D eigenvalue weighted by Crippen LogP contribution is 2.28. The van der Waals surface area contributed by atoms with Crippen molar-refractivity contribution in [3.63, 3.8) is 0 Å². The third-order valence-electron chi connectivity index (χ3n) is 3.28. The van der Waals surface area contributed by atoms with Gasteiger partial charge in [-0.25, -0.2) is 8.42 Å². The number of carbonyl (C=O) groups is 1. The van der Waals surface area contributed by atoms with E-state index >= 15 is 0 Å². The second-order valence-corrected chi connectivity index (χ2v) is 6.56. The fourth-order valence-corrected chi connectivity index (χ4v) is 4.00. The average molecular weight is 231 g/mol. The molecule has 1 heterocycles. The number of Topliss-reactive ketones (excluding diaryl/α,β-unsaturated/α-hetero) is 1. The van der Waals surface area contributed by atoms with Gasteiger partial charge in [0, 0.05) is 13.0 Å². The Morgan fingerprint density at radius 3 is 2.53 bits per heavy atom. The third kappa shape index (κ3) is 2.58. The van der Waals surface area contributed by atoms with Gasteiger partial charge in [0.05, 0.1) is 12.3 Å². The average Bonchev–Trinajstić information content (AvgIpc) is 2.12. The molecule has 2 fully saturated rings. The molecule has 0 aromatic heterocycles. The second kappa shape index (κ2) is 4.22. The van der Waals surface area contributed by atoms with Crippen LogP contribution in [0.5, 0.6) is 0 Å². The maximum atomic E-state index is 11.9. The summed E-state index contributed by atoms with van der Waals surface area (Å²) in [5, 5.41) is 0. The molecular formula is C10H17NO3S.